The van der Waals surface area contributed by atoms with Crippen molar-refractivity contribution in [3.8, 4) is 0 Å². The molecule has 1 aromatic carbocycles. The lowest BCUT2D eigenvalue weighted by molar-refractivity contribution is 0.0278. The van der Waals surface area contributed by atoms with E-state index < -0.39 is 5.60 Å². The molecule has 1 atom stereocenters. The zero-order valence-electron chi connectivity index (χ0n) is 15.5. The Morgan fingerprint density at radius 3 is 2.33 bits per heavy atom. The van der Waals surface area contributed by atoms with E-state index in [1.807, 2.05) is 58.9 Å². The largest absolute Gasteiger partial charge is 0.444 e. The molecule has 0 heterocycles. The second-order valence-electron chi connectivity index (χ2n) is 7.17. The Hall–Kier alpha value is -2.24. The van der Waals surface area contributed by atoms with E-state index in [1.54, 1.807) is 7.05 Å². The van der Waals surface area contributed by atoms with E-state index in [-0.39, 0.29) is 18.0 Å². The van der Waals surface area contributed by atoms with E-state index in [0.717, 1.165) is 11.3 Å². The van der Waals surface area contributed by atoms with Crippen molar-refractivity contribution in [2.24, 2.45) is 5.92 Å². The smallest absolute Gasteiger partial charge is 0.410 e. The Labute approximate surface area is 144 Å². The molecule has 0 aliphatic heterocycles. The number of amides is 3. The second kappa shape index (κ2) is 8.57. The van der Waals surface area contributed by atoms with E-state index in [4.69, 9.17) is 4.74 Å². The van der Waals surface area contributed by atoms with Crippen LogP contribution in [0.4, 0.5) is 15.3 Å². The minimum atomic E-state index is -0.513. The highest BCUT2D eigenvalue weighted by atomic mass is 16.6. The van der Waals surface area contributed by atoms with Crippen LogP contribution in [0.15, 0.2) is 24.3 Å². The molecule has 2 N–H and O–H groups in total. The van der Waals surface area contributed by atoms with Crippen molar-refractivity contribution in [1.82, 2.24) is 10.2 Å². The topological polar surface area (TPSA) is 70.7 Å². The molecule has 24 heavy (non-hydrogen) atoms. The molecule has 6 heteroatoms. The summed E-state index contributed by atoms with van der Waals surface area (Å²) in [6, 6.07) is 7.33. The molecule has 0 bridgehead atoms. The number of carbonyl (C=O) groups excluding carboxylic acids is 2. The second-order valence-corrected chi connectivity index (χ2v) is 7.17. The summed E-state index contributed by atoms with van der Waals surface area (Å²) in [5.74, 6) is 0.103. The zero-order valence-corrected chi connectivity index (χ0v) is 15.5. The van der Waals surface area contributed by atoms with Crippen LogP contribution in [0.25, 0.3) is 0 Å². The fraction of sp³-hybridized carbons (Fsp3) is 0.556. The molecule has 6 nitrogen and oxygen atoms in total. The van der Waals surface area contributed by atoms with Crippen molar-refractivity contribution in [3.05, 3.63) is 29.8 Å². The van der Waals surface area contributed by atoms with Crippen molar-refractivity contribution in [1.29, 1.82) is 0 Å². The number of hydrogen-bond acceptors (Lipinski definition) is 3. The van der Waals surface area contributed by atoms with Gasteiger partial charge in [-0.05, 0) is 45.7 Å². The third-order valence-electron chi connectivity index (χ3n) is 3.21. The number of carbonyl (C=O) groups is 2. The standard InChI is InChI=1S/C18H29N3O3/c1-13-7-9-15(10-8-13)20-16(22)19-11-14(2)12-21(6)17(23)24-18(3,4)5/h7-10,14H,11-12H2,1-6H3,(H2,19,20,22). The average Bonchev–Trinajstić information content (AvgIpc) is 2.46. The van der Waals surface area contributed by atoms with Gasteiger partial charge in [0.25, 0.3) is 0 Å². The van der Waals surface area contributed by atoms with Crippen molar-refractivity contribution in [2.45, 2.75) is 40.2 Å². The predicted octanol–water partition coefficient (Wildman–Crippen LogP) is 3.62. The maximum atomic E-state index is 11.9. The first-order chi connectivity index (χ1) is 11.1. The van der Waals surface area contributed by atoms with Gasteiger partial charge in [-0.25, -0.2) is 9.59 Å². The fourth-order valence-corrected chi connectivity index (χ4v) is 2.03. The number of anilines is 1. The van der Waals surface area contributed by atoms with Gasteiger partial charge in [-0.1, -0.05) is 24.6 Å². The molecule has 1 unspecified atom stereocenters. The van der Waals surface area contributed by atoms with Crippen molar-refractivity contribution < 1.29 is 14.3 Å². The molecule has 0 saturated carbocycles. The number of nitrogens with one attached hydrogen (secondary N) is 2. The Morgan fingerprint density at radius 1 is 1.21 bits per heavy atom. The Morgan fingerprint density at radius 2 is 1.79 bits per heavy atom. The van der Waals surface area contributed by atoms with Crippen LogP contribution in [0.1, 0.15) is 33.3 Å². The SMILES string of the molecule is Cc1ccc(NC(=O)NCC(C)CN(C)C(=O)OC(C)(C)C)cc1. The van der Waals surface area contributed by atoms with Crippen molar-refractivity contribution >= 4 is 17.8 Å². The van der Waals surface area contributed by atoms with Gasteiger partial charge >= 0.3 is 12.1 Å². The number of benzene rings is 1. The molecule has 0 aromatic heterocycles. The molecular formula is C18H29N3O3. The molecule has 0 fully saturated rings. The van der Waals surface area contributed by atoms with Crippen LogP contribution in [0.5, 0.6) is 0 Å². The summed E-state index contributed by atoms with van der Waals surface area (Å²) in [5, 5.41) is 5.59. The molecule has 0 aliphatic rings. The third-order valence-corrected chi connectivity index (χ3v) is 3.21. The first kappa shape index (κ1) is 19.8. The molecule has 1 aromatic rings. The molecule has 1 rings (SSSR count). The number of urea groups is 1. The molecule has 0 spiro atoms. The summed E-state index contributed by atoms with van der Waals surface area (Å²) in [6.07, 6.45) is -0.363. The highest BCUT2D eigenvalue weighted by Gasteiger charge is 2.20. The molecule has 0 aliphatic carbocycles. The van der Waals surface area contributed by atoms with E-state index in [9.17, 15) is 9.59 Å². The number of nitrogens with zero attached hydrogens (tertiary/aromatic N) is 1. The van der Waals surface area contributed by atoms with Gasteiger partial charge in [0.2, 0.25) is 0 Å². The zero-order chi connectivity index (χ0) is 18.3. The average molecular weight is 335 g/mol. The molecule has 0 saturated heterocycles. The fourth-order valence-electron chi connectivity index (χ4n) is 2.03. The number of hydrogen-bond donors (Lipinski definition) is 2. The molecule has 0 radical (unpaired) electrons. The van der Waals surface area contributed by atoms with Gasteiger partial charge in [-0.15, -0.1) is 0 Å². The van der Waals surface area contributed by atoms with Gasteiger partial charge in [0, 0.05) is 25.8 Å². The summed E-state index contributed by atoms with van der Waals surface area (Å²) >= 11 is 0. The highest BCUT2D eigenvalue weighted by Crippen LogP contribution is 2.10. The minimum Gasteiger partial charge on any atom is -0.444 e. The van der Waals surface area contributed by atoms with Gasteiger partial charge in [-0.3, -0.25) is 0 Å². The minimum absolute atomic E-state index is 0.103. The summed E-state index contributed by atoms with van der Waals surface area (Å²) < 4.78 is 5.30. The van der Waals surface area contributed by atoms with E-state index >= 15 is 0 Å². The van der Waals surface area contributed by atoms with E-state index in [0.29, 0.717) is 13.1 Å². The molecular weight excluding hydrogens is 306 g/mol. The summed E-state index contributed by atoms with van der Waals surface area (Å²) in [5.41, 5.74) is 1.37. The van der Waals surface area contributed by atoms with Crippen LogP contribution in [0.2, 0.25) is 0 Å². The quantitative estimate of drug-likeness (QED) is 0.863. The Bertz CT molecular complexity index is 550. The summed E-state index contributed by atoms with van der Waals surface area (Å²) in [7, 11) is 1.69. The normalized spacial score (nSPS) is 12.2. The van der Waals surface area contributed by atoms with Crippen molar-refractivity contribution in [2.75, 3.05) is 25.5 Å². The summed E-state index contributed by atoms with van der Waals surface area (Å²) in [4.78, 5) is 25.3. The van der Waals surface area contributed by atoms with Gasteiger partial charge < -0.3 is 20.3 Å². The van der Waals surface area contributed by atoms with Crippen LogP contribution >= 0.6 is 0 Å². The van der Waals surface area contributed by atoms with Crippen molar-refractivity contribution in [3.63, 3.8) is 0 Å². The maximum absolute atomic E-state index is 11.9. The molecule has 3 amide bonds. The number of aryl methyl sites for hydroxylation is 1. The number of ether oxygens (including phenoxy) is 1. The van der Waals surface area contributed by atoms with Crippen LogP contribution < -0.4 is 10.6 Å². The van der Waals surface area contributed by atoms with E-state index in [1.165, 1.54) is 4.90 Å². The van der Waals surface area contributed by atoms with Crippen LogP contribution in [-0.4, -0.2) is 42.8 Å². The first-order valence-electron chi connectivity index (χ1n) is 8.12. The lowest BCUT2D eigenvalue weighted by Crippen LogP contribution is -2.40. The van der Waals surface area contributed by atoms with Gasteiger partial charge in [0.05, 0.1) is 0 Å². The van der Waals surface area contributed by atoms with Crippen LogP contribution in [0, 0.1) is 12.8 Å². The highest BCUT2D eigenvalue weighted by molar-refractivity contribution is 5.89. The van der Waals surface area contributed by atoms with Gasteiger partial charge in [0.1, 0.15) is 5.60 Å². The number of rotatable bonds is 5. The van der Waals surface area contributed by atoms with Crippen LogP contribution in [0.3, 0.4) is 0 Å². The third kappa shape index (κ3) is 7.85. The first-order valence-corrected chi connectivity index (χ1v) is 8.12. The van der Waals surface area contributed by atoms with Gasteiger partial charge in [0.15, 0.2) is 0 Å². The maximum Gasteiger partial charge on any atom is 0.410 e. The molecule has 134 valence electrons. The Kier molecular flexibility index (Phi) is 7.07. The monoisotopic (exact) mass is 335 g/mol. The lowest BCUT2D eigenvalue weighted by Gasteiger charge is -2.26. The van der Waals surface area contributed by atoms with Gasteiger partial charge in [-0.2, -0.15) is 0 Å². The van der Waals surface area contributed by atoms with E-state index in [2.05, 4.69) is 10.6 Å². The van der Waals surface area contributed by atoms with Crippen LogP contribution in [-0.2, 0) is 4.74 Å². The summed E-state index contributed by atoms with van der Waals surface area (Å²) in [6.45, 7) is 10.4. The Balaban J connectivity index is 2.34. The lowest BCUT2D eigenvalue weighted by atomic mass is 10.1. The predicted molar refractivity (Wildman–Crippen MR) is 96.2 cm³/mol.